The summed E-state index contributed by atoms with van der Waals surface area (Å²) in [5, 5.41) is 13.8. The Hall–Kier alpha value is -3.32. The molecule has 7 heteroatoms. The Morgan fingerprint density at radius 2 is 1.87 bits per heavy atom. The average molecular weight is 416 g/mol. The second kappa shape index (κ2) is 8.43. The molecule has 0 saturated carbocycles. The van der Waals surface area contributed by atoms with Gasteiger partial charge in [0.05, 0.1) is 25.2 Å². The summed E-state index contributed by atoms with van der Waals surface area (Å²) in [7, 11) is 0. The molecule has 0 bridgehead atoms. The van der Waals surface area contributed by atoms with Crippen molar-refractivity contribution in [1.82, 2.24) is 25.2 Å². The Morgan fingerprint density at radius 3 is 2.68 bits per heavy atom. The standard InChI is InChI=1S/C24H26N6O/c1-17-10-11-21-19(14-17)15-20(24(31)25-21)22(29-12-6-3-7-13-29)23-26-27-28-30(23)16-18-8-4-2-5-9-18/h2,4-5,8-11,14-15,22H,3,6-7,12-13,16H2,1H3,(H,25,31)/p+1/t22-/m1/s1. The Balaban J connectivity index is 1.63. The molecule has 0 radical (unpaired) electrons. The van der Waals surface area contributed by atoms with Gasteiger partial charge in [-0.2, -0.15) is 0 Å². The maximum atomic E-state index is 13.2. The van der Waals surface area contributed by atoms with Gasteiger partial charge in [0.1, 0.15) is 0 Å². The van der Waals surface area contributed by atoms with Crippen molar-refractivity contribution in [2.75, 3.05) is 13.1 Å². The number of aryl methyl sites for hydroxylation is 1. The minimum absolute atomic E-state index is 0.0614. The number of H-pyrrole nitrogens is 1. The largest absolute Gasteiger partial charge is 0.322 e. The van der Waals surface area contributed by atoms with Crippen molar-refractivity contribution in [1.29, 1.82) is 0 Å². The SMILES string of the molecule is Cc1ccc2[nH]c(=O)c([C@H](c3nnnn3Cc3ccccc3)[NH+]3CCCCC3)cc2c1. The first-order valence-electron chi connectivity index (χ1n) is 11.0. The Bertz CT molecular complexity index is 1240. The number of benzene rings is 2. The molecule has 2 aromatic carbocycles. The number of nitrogens with zero attached hydrogens (tertiary/aromatic N) is 4. The molecule has 0 unspecified atom stereocenters. The molecular formula is C24H27N6O+. The van der Waals surface area contributed by atoms with E-state index in [2.05, 4.69) is 45.6 Å². The summed E-state index contributed by atoms with van der Waals surface area (Å²) in [4.78, 5) is 17.7. The lowest BCUT2D eigenvalue weighted by molar-refractivity contribution is -0.931. The van der Waals surface area contributed by atoms with Gasteiger partial charge in [-0.3, -0.25) is 4.79 Å². The van der Waals surface area contributed by atoms with Crippen LogP contribution in [0.15, 0.2) is 59.4 Å². The van der Waals surface area contributed by atoms with Crippen molar-refractivity contribution < 1.29 is 4.90 Å². The smallest absolute Gasteiger partial charge is 0.258 e. The summed E-state index contributed by atoms with van der Waals surface area (Å²) >= 11 is 0. The first-order chi connectivity index (χ1) is 15.2. The number of hydrogen-bond donors (Lipinski definition) is 2. The first kappa shape index (κ1) is 19.6. The van der Waals surface area contributed by atoms with Crippen LogP contribution in [0.3, 0.4) is 0 Å². The number of likely N-dealkylation sites (tertiary alicyclic amines) is 1. The Labute approximate surface area is 180 Å². The molecular weight excluding hydrogens is 388 g/mol. The van der Waals surface area contributed by atoms with E-state index in [0.717, 1.165) is 53.8 Å². The summed E-state index contributed by atoms with van der Waals surface area (Å²) in [6, 6.07) is 18.1. The molecule has 1 atom stereocenters. The van der Waals surface area contributed by atoms with Crippen molar-refractivity contribution in [3.63, 3.8) is 0 Å². The lowest BCUT2D eigenvalue weighted by atomic mass is 10.00. The van der Waals surface area contributed by atoms with Crippen LogP contribution >= 0.6 is 0 Å². The molecule has 7 nitrogen and oxygen atoms in total. The Morgan fingerprint density at radius 1 is 1.06 bits per heavy atom. The summed E-state index contributed by atoms with van der Waals surface area (Å²) in [6.07, 6.45) is 3.53. The second-order valence-electron chi connectivity index (χ2n) is 8.48. The molecule has 0 amide bonds. The van der Waals surface area contributed by atoms with Gasteiger partial charge in [0, 0.05) is 5.52 Å². The molecule has 2 N–H and O–H groups in total. The van der Waals surface area contributed by atoms with Crippen molar-refractivity contribution in [2.45, 2.75) is 38.8 Å². The summed E-state index contributed by atoms with van der Waals surface area (Å²) < 4.78 is 1.85. The molecule has 1 aliphatic rings. The molecule has 1 aliphatic heterocycles. The molecule has 1 saturated heterocycles. The Kier molecular flexibility index (Phi) is 5.34. The third-order valence-electron chi connectivity index (χ3n) is 6.24. The van der Waals surface area contributed by atoms with Gasteiger partial charge in [0.15, 0.2) is 6.04 Å². The van der Waals surface area contributed by atoms with Gasteiger partial charge in [-0.1, -0.05) is 42.0 Å². The maximum Gasteiger partial charge on any atom is 0.258 e. The van der Waals surface area contributed by atoms with Crippen LogP contribution in [0, 0.1) is 6.92 Å². The van der Waals surface area contributed by atoms with Gasteiger partial charge in [0.25, 0.3) is 5.56 Å². The number of pyridine rings is 1. The number of tetrazole rings is 1. The van der Waals surface area contributed by atoms with E-state index < -0.39 is 0 Å². The summed E-state index contributed by atoms with van der Waals surface area (Å²) in [5.41, 5.74) is 3.83. The van der Waals surface area contributed by atoms with Crippen molar-refractivity contribution >= 4 is 10.9 Å². The zero-order valence-electron chi connectivity index (χ0n) is 17.7. The predicted molar refractivity (Wildman–Crippen MR) is 119 cm³/mol. The zero-order chi connectivity index (χ0) is 21.2. The van der Waals surface area contributed by atoms with Crippen LogP contribution in [0.2, 0.25) is 0 Å². The van der Waals surface area contributed by atoms with E-state index in [1.54, 1.807) is 0 Å². The lowest BCUT2D eigenvalue weighted by Crippen LogP contribution is -3.13. The van der Waals surface area contributed by atoms with Crippen LogP contribution in [-0.4, -0.2) is 38.3 Å². The molecule has 158 valence electrons. The van der Waals surface area contributed by atoms with E-state index >= 15 is 0 Å². The minimum atomic E-state index is -0.201. The topological polar surface area (TPSA) is 80.9 Å². The normalized spacial score (nSPS) is 15.9. The fraction of sp³-hybridized carbons (Fsp3) is 0.333. The third kappa shape index (κ3) is 4.01. The molecule has 3 heterocycles. The van der Waals surface area contributed by atoms with Gasteiger partial charge in [0.2, 0.25) is 5.82 Å². The van der Waals surface area contributed by atoms with Crippen LogP contribution in [-0.2, 0) is 6.54 Å². The number of quaternary nitrogens is 1. The molecule has 2 aromatic heterocycles. The molecule has 0 spiro atoms. The molecule has 5 rings (SSSR count). The van der Waals surface area contributed by atoms with E-state index in [9.17, 15) is 4.79 Å². The lowest BCUT2D eigenvalue weighted by Gasteiger charge is -2.30. The average Bonchev–Trinajstić information content (AvgIpc) is 3.24. The highest BCUT2D eigenvalue weighted by Gasteiger charge is 2.34. The molecule has 0 aliphatic carbocycles. The van der Waals surface area contributed by atoms with Crippen LogP contribution in [0.25, 0.3) is 10.9 Å². The van der Waals surface area contributed by atoms with Crippen LogP contribution in [0.1, 0.15) is 47.8 Å². The fourth-order valence-electron chi connectivity index (χ4n) is 4.68. The second-order valence-corrected chi connectivity index (χ2v) is 8.48. The van der Waals surface area contributed by atoms with E-state index in [1.807, 2.05) is 41.1 Å². The number of fused-ring (bicyclic) bond motifs is 1. The molecule has 1 fully saturated rings. The van der Waals surface area contributed by atoms with E-state index in [0.29, 0.717) is 6.54 Å². The summed E-state index contributed by atoms with van der Waals surface area (Å²) in [6.45, 7) is 4.66. The van der Waals surface area contributed by atoms with Gasteiger partial charge in [-0.05, 0) is 65.8 Å². The first-order valence-corrected chi connectivity index (χ1v) is 11.0. The number of hydrogen-bond acceptors (Lipinski definition) is 4. The zero-order valence-corrected chi connectivity index (χ0v) is 17.7. The molecule has 4 aromatic rings. The third-order valence-corrected chi connectivity index (χ3v) is 6.24. The van der Waals surface area contributed by atoms with Gasteiger partial charge in [-0.25, -0.2) is 4.68 Å². The highest BCUT2D eigenvalue weighted by molar-refractivity contribution is 5.79. The van der Waals surface area contributed by atoms with Crippen LogP contribution in [0.4, 0.5) is 0 Å². The number of aromatic nitrogens is 5. The van der Waals surface area contributed by atoms with E-state index in [-0.39, 0.29) is 11.6 Å². The van der Waals surface area contributed by atoms with E-state index in [1.165, 1.54) is 16.9 Å². The highest BCUT2D eigenvalue weighted by Crippen LogP contribution is 2.20. The number of nitrogens with one attached hydrogen (secondary N) is 2. The van der Waals surface area contributed by atoms with Crippen molar-refractivity contribution in [3.05, 3.63) is 87.5 Å². The fourth-order valence-corrected chi connectivity index (χ4v) is 4.68. The monoisotopic (exact) mass is 415 g/mol. The van der Waals surface area contributed by atoms with Crippen LogP contribution < -0.4 is 10.5 Å². The van der Waals surface area contributed by atoms with Crippen LogP contribution in [0.5, 0.6) is 0 Å². The quantitative estimate of drug-likeness (QED) is 0.523. The summed E-state index contributed by atoms with van der Waals surface area (Å²) in [5.74, 6) is 0.748. The number of aromatic amines is 1. The minimum Gasteiger partial charge on any atom is -0.322 e. The number of piperidine rings is 1. The van der Waals surface area contributed by atoms with Gasteiger partial charge >= 0.3 is 0 Å². The van der Waals surface area contributed by atoms with E-state index in [4.69, 9.17) is 0 Å². The van der Waals surface area contributed by atoms with Gasteiger partial charge < -0.3 is 9.88 Å². The predicted octanol–water partition coefficient (Wildman–Crippen LogP) is 2.03. The number of rotatable bonds is 5. The highest BCUT2D eigenvalue weighted by atomic mass is 16.1. The van der Waals surface area contributed by atoms with Crippen molar-refractivity contribution in [2.24, 2.45) is 0 Å². The van der Waals surface area contributed by atoms with Gasteiger partial charge in [-0.15, -0.1) is 5.10 Å². The van der Waals surface area contributed by atoms with Crippen molar-refractivity contribution in [3.8, 4) is 0 Å². The maximum absolute atomic E-state index is 13.2. The molecule has 31 heavy (non-hydrogen) atoms.